The molecular formula is C19H13Cl2N5V. The van der Waals surface area contributed by atoms with Crippen LogP contribution in [0.2, 0.25) is 0 Å². The quantitative estimate of drug-likeness (QED) is 0.478. The van der Waals surface area contributed by atoms with Crippen LogP contribution in [0.5, 0.6) is 0 Å². The number of fused-ring (bicyclic) bond motifs is 2. The summed E-state index contributed by atoms with van der Waals surface area (Å²) >= 11 is 0. The van der Waals surface area contributed by atoms with E-state index in [1.807, 2.05) is 66.8 Å². The third-order valence-electron chi connectivity index (χ3n) is 4.15. The summed E-state index contributed by atoms with van der Waals surface area (Å²) in [4.78, 5) is 23.1. The first kappa shape index (κ1) is 21.3. The van der Waals surface area contributed by atoms with Crippen LogP contribution in [0.4, 0.5) is 0 Å². The van der Waals surface area contributed by atoms with Crippen LogP contribution in [-0.4, -0.2) is 40.2 Å². The van der Waals surface area contributed by atoms with Gasteiger partial charge in [-0.3, -0.25) is 9.98 Å². The average Bonchev–Trinajstić information content (AvgIpc) is 3.26. The average molecular weight is 433 g/mol. The summed E-state index contributed by atoms with van der Waals surface area (Å²) in [7, 11) is 0. The number of halogens is 2. The maximum Gasteiger partial charge on any atom is 2.00 e. The van der Waals surface area contributed by atoms with E-state index >= 15 is 0 Å². The van der Waals surface area contributed by atoms with Crippen molar-refractivity contribution in [3.63, 3.8) is 0 Å². The van der Waals surface area contributed by atoms with Gasteiger partial charge in [0.1, 0.15) is 23.5 Å². The van der Waals surface area contributed by atoms with Gasteiger partial charge in [-0.05, 0) is 24.3 Å². The van der Waals surface area contributed by atoms with E-state index in [2.05, 4.69) is 25.0 Å². The number of aromatic nitrogens is 1. The summed E-state index contributed by atoms with van der Waals surface area (Å²) in [6, 6.07) is 5.82. The smallest absolute Gasteiger partial charge is 1.00 e. The molecule has 1 aromatic heterocycles. The van der Waals surface area contributed by atoms with E-state index in [0.29, 0.717) is 11.7 Å². The number of aliphatic imine (C=N–C) groups is 4. The first-order chi connectivity index (χ1) is 11.9. The van der Waals surface area contributed by atoms with Gasteiger partial charge in [0.2, 0.25) is 0 Å². The van der Waals surface area contributed by atoms with Crippen molar-refractivity contribution in [1.29, 1.82) is 0 Å². The fraction of sp³-hybridized carbons (Fsp3) is 0.105. The molecule has 1 aromatic rings. The van der Waals surface area contributed by atoms with Gasteiger partial charge in [0.05, 0.1) is 11.4 Å². The zero-order valence-electron chi connectivity index (χ0n) is 13.9. The number of allylic oxidation sites excluding steroid dienone is 4. The van der Waals surface area contributed by atoms with Crippen molar-refractivity contribution in [2.75, 3.05) is 0 Å². The molecule has 5 nitrogen and oxygen atoms in total. The molecule has 4 aliphatic rings. The molecular weight excluding hydrogens is 420 g/mol. The Kier molecular flexibility index (Phi) is 6.90. The molecule has 0 amide bonds. The zero-order chi connectivity index (χ0) is 15.9. The molecule has 133 valence electrons. The van der Waals surface area contributed by atoms with Crippen LogP contribution in [0.1, 0.15) is 11.4 Å². The summed E-state index contributed by atoms with van der Waals surface area (Å²) in [5.74, 6) is 1.33. The molecule has 2 atom stereocenters. The van der Waals surface area contributed by atoms with E-state index in [9.17, 15) is 0 Å². The second kappa shape index (κ2) is 8.76. The van der Waals surface area contributed by atoms with Crippen molar-refractivity contribution < 1.29 is 43.4 Å². The topological polar surface area (TPSA) is 62.3 Å². The van der Waals surface area contributed by atoms with Gasteiger partial charge in [0.25, 0.3) is 0 Å². The van der Waals surface area contributed by atoms with Crippen LogP contribution in [0, 0.1) is 0 Å². The second-order valence-electron chi connectivity index (χ2n) is 5.76. The van der Waals surface area contributed by atoms with Crippen molar-refractivity contribution in [3.8, 4) is 0 Å². The van der Waals surface area contributed by atoms with Gasteiger partial charge >= 0.3 is 18.6 Å². The minimum absolute atomic E-state index is 0. The Morgan fingerprint density at radius 2 is 1.15 bits per heavy atom. The number of hydrogen-bond donors (Lipinski definition) is 0. The SMILES string of the molecule is C1=CC2=NC(c3cccc(C4=NC5C=CC=CC5=N4)n3)=NC2C=C1.[Cl-].[Cl-].[V+2]. The third-order valence-corrected chi connectivity index (χ3v) is 4.15. The van der Waals surface area contributed by atoms with Crippen LogP contribution in [0.25, 0.3) is 0 Å². The minimum atomic E-state index is 0. The van der Waals surface area contributed by atoms with Crippen molar-refractivity contribution in [2.24, 2.45) is 20.0 Å². The molecule has 2 unspecified atom stereocenters. The molecule has 3 heterocycles. The molecule has 27 heavy (non-hydrogen) atoms. The molecule has 0 spiro atoms. The van der Waals surface area contributed by atoms with Crippen molar-refractivity contribution in [1.82, 2.24) is 4.98 Å². The normalized spacial score (nSPS) is 23.0. The molecule has 0 fully saturated rings. The second-order valence-corrected chi connectivity index (χ2v) is 5.76. The van der Waals surface area contributed by atoms with E-state index in [1.165, 1.54) is 0 Å². The third kappa shape index (κ3) is 3.97. The van der Waals surface area contributed by atoms with Crippen LogP contribution >= 0.6 is 0 Å². The first-order valence-corrected chi connectivity index (χ1v) is 7.87. The van der Waals surface area contributed by atoms with Crippen molar-refractivity contribution in [3.05, 3.63) is 78.2 Å². The van der Waals surface area contributed by atoms with E-state index in [-0.39, 0.29) is 55.5 Å². The minimum Gasteiger partial charge on any atom is -1.00 e. The number of amidine groups is 2. The Labute approximate surface area is 181 Å². The van der Waals surface area contributed by atoms with Gasteiger partial charge < -0.3 is 24.8 Å². The molecule has 8 heteroatoms. The Morgan fingerprint density at radius 1 is 0.667 bits per heavy atom. The van der Waals surface area contributed by atoms with E-state index in [1.54, 1.807) is 0 Å². The Bertz CT molecular complexity index is 910. The first-order valence-electron chi connectivity index (χ1n) is 7.87. The molecule has 0 saturated heterocycles. The van der Waals surface area contributed by atoms with Gasteiger partial charge in [-0.15, -0.1) is 0 Å². The largest absolute Gasteiger partial charge is 2.00 e. The molecule has 1 radical (unpaired) electrons. The molecule has 0 saturated carbocycles. The van der Waals surface area contributed by atoms with Gasteiger partial charge in [-0.1, -0.05) is 42.5 Å². The monoisotopic (exact) mass is 432 g/mol. The van der Waals surface area contributed by atoms with E-state index < -0.39 is 0 Å². The van der Waals surface area contributed by atoms with Gasteiger partial charge in [-0.25, -0.2) is 15.0 Å². The predicted molar refractivity (Wildman–Crippen MR) is 96.3 cm³/mol. The van der Waals surface area contributed by atoms with Crippen molar-refractivity contribution in [2.45, 2.75) is 12.1 Å². The molecule has 5 rings (SSSR count). The zero-order valence-corrected chi connectivity index (χ0v) is 16.9. The van der Waals surface area contributed by atoms with Gasteiger partial charge in [0.15, 0.2) is 11.7 Å². The summed E-state index contributed by atoms with van der Waals surface area (Å²) < 4.78 is 0. The predicted octanol–water partition coefficient (Wildman–Crippen LogP) is -3.52. The van der Waals surface area contributed by atoms with Crippen LogP contribution in [0.3, 0.4) is 0 Å². The fourth-order valence-corrected chi connectivity index (χ4v) is 2.96. The van der Waals surface area contributed by atoms with Gasteiger partial charge in [0, 0.05) is 0 Å². The Morgan fingerprint density at radius 3 is 1.59 bits per heavy atom. The number of pyridine rings is 1. The molecule has 2 aliphatic heterocycles. The fourth-order valence-electron chi connectivity index (χ4n) is 2.96. The molecule has 0 aromatic carbocycles. The number of rotatable bonds is 2. The van der Waals surface area contributed by atoms with Crippen molar-refractivity contribution >= 4 is 23.1 Å². The standard InChI is InChI=1S/C19H13N5.2ClH.V/c1-2-7-13-12(6-1)21-18(22-13)16-10-5-11-17(20-16)19-23-14-8-3-4-9-15(14)24-19;;;/h1-12,14H;2*1H;/q;;;+2/p-2. The van der Waals surface area contributed by atoms with Gasteiger partial charge in [-0.2, -0.15) is 0 Å². The number of nitrogens with zero attached hydrogens (tertiary/aromatic N) is 5. The van der Waals surface area contributed by atoms with Crippen LogP contribution in [-0.2, 0) is 18.6 Å². The van der Waals surface area contributed by atoms with Crippen LogP contribution < -0.4 is 24.8 Å². The maximum atomic E-state index is 4.68. The molecule has 2 aliphatic carbocycles. The molecule has 0 bridgehead atoms. The Hall–Kier alpha value is -2.05. The maximum absolute atomic E-state index is 4.68. The summed E-state index contributed by atoms with van der Waals surface area (Å²) in [6.45, 7) is 0. The summed E-state index contributed by atoms with van der Waals surface area (Å²) in [5, 5.41) is 0. The number of hydrogen-bond acceptors (Lipinski definition) is 5. The Balaban J connectivity index is 0.000000871. The van der Waals surface area contributed by atoms with Crippen LogP contribution in [0.15, 0.2) is 86.8 Å². The summed E-state index contributed by atoms with van der Waals surface area (Å²) in [5.41, 5.74) is 3.42. The summed E-state index contributed by atoms with van der Waals surface area (Å²) in [6.07, 6.45) is 16.0. The van der Waals surface area contributed by atoms with E-state index in [4.69, 9.17) is 0 Å². The molecule has 0 N–H and O–H groups in total. The van der Waals surface area contributed by atoms with E-state index in [0.717, 1.165) is 22.8 Å².